The third kappa shape index (κ3) is 4.15. The first-order valence-corrected chi connectivity index (χ1v) is 6.31. The molecule has 0 aliphatic carbocycles. The minimum atomic E-state index is -3.68. The Bertz CT molecular complexity index is 300. The zero-order chi connectivity index (χ0) is 12.1. The number of hydrogen-bond donors (Lipinski definition) is 2. The second kappa shape index (κ2) is 6.04. The summed E-state index contributed by atoms with van der Waals surface area (Å²) in [7, 11) is -3.68. The molecule has 0 aromatic heterocycles. The van der Waals surface area contributed by atoms with Crippen LogP contribution >= 0.6 is 0 Å². The van der Waals surface area contributed by atoms with Crippen molar-refractivity contribution in [2.75, 3.05) is 18.9 Å². The lowest BCUT2D eigenvalue weighted by atomic mass is 10.3. The van der Waals surface area contributed by atoms with Gasteiger partial charge in [-0.2, -0.15) is 4.31 Å². The maximum atomic E-state index is 11.6. The first kappa shape index (κ1) is 14.3. The molecule has 7 heteroatoms. The Morgan fingerprint density at radius 3 is 2.33 bits per heavy atom. The number of hydrogen-bond acceptors (Lipinski definition) is 4. The second-order valence-electron chi connectivity index (χ2n) is 3.16. The van der Waals surface area contributed by atoms with Crippen molar-refractivity contribution in [3.05, 3.63) is 0 Å². The molecule has 0 aromatic carbocycles. The van der Waals surface area contributed by atoms with Crippen LogP contribution in [-0.4, -0.2) is 53.9 Å². The zero-order valence-electron chi connectivity index (χ0n) is 8.88. The summed E-state index contributed by atoms with van der Waals surface area (Å²) in [5.74, 6) is -1.63. The van der Waals surface area contributed by atoms with E-state index in [2.05, 4.69) is 0 Å². The Labute approximate surface area is 89.6 Å². The maximum Gasteiger partial charge on any atom is 0.321 e. The summed E-state index contributed by atoms with van der Waals surface area (Å²) < 4.78 is 24.0. The lowest BCUT2D eigenvalue weighted by Gasteiger charge is -2.24. The summed E-state index contributed by atoms with van der Waals surface area (Å²) in [5, 5.41) is 17.3. The highest BCUT2D eigenvalue weighted by atomic mass is 32.2. The SMILES string of the molecule is CCCN(C(C)C(=O)O)S(=O)(=O)CCO. The molecule has 15 heavy (non-hydrogen) atoms. The molecule has 0 fully saturated rings. The Hall–Kier alpha value is -0.660. The van der Waals surface area contributed by atoms with E-state index in [0.717, 1.165) is 4.31 Å². The summed E-state index contributed by atoms with van der Waals surface area (Å²) in [6.45, 7) is 2.72. The molecular weight excluding hydrogens is 222 g/mol. The predicted molar refractivity (Wildman–Crippen MR) is 55.0 cm³/mol. The van der Waals surface area contributed by atoms with E-state index in [0.29, 0.717) is 6.42 Å². The molecule has 2 N–H and O–H groups in total. The number of rotatable bonds is 7. The zero-order valence-corrected chi connectivity index (χ0v) is 9.70. The predicted octanol–water partition coefficient (Wildman–Crippen LogP) is -0.506. The van der Waals surface area contributed by atoms with E-state index in [1.165, 1.54) is 6.92 Å². The Kier molecular flexibility index (Phi) is 5.77. The van der Waals surface area contributed by atoms with Crippen LogP contribution in [0.3, 0.4) is 0 Å². The molecule has 0 aromatic rings. The van der Waals surface area contributed by atoms with Crippen molar-refractivity contribution in [1.82, 2.24) is 4.31 Å². The van der Waals surface area contributed by atoms with Gasteiger partial charge in [0, 0.05) is 6.54 Å². The number of sulfonamides is 1. The van der Waals surface area contributed by atoms with Crippen molar-refractivity contribution in [2.45, 2.75) is 26.3 Å². The fourth-order valence-electron chi connectivity index (χ4n) is 1.15. The largest absolute Gasteiger partial charge is 0.480 e. The standard InChI is InChI=1S/C8H17NO5S/c1-3-4-9(7(2)8(11)12)15(13,14)6-5-10/h7,10H,3-6H2,1-2H3,(H,11,12). The number of nitrogens with zero attached hydrogens (tertiary/aromatic N) is 1. The number of aliphatic hydroxyl groups is 1. The molecule has 0 saturated carbocycles. The van der Waals surface area contributed by atoms with E-state index in [1.807, 2.05) is 0 Å². The Balaban J connectivity index is 4.87. The van der Waals surface area contributed by atoms with E-state index >= 15 is 0 Å². The van der Waals surface area contributed by atoms with Gasteiger partial charge in [0.2, 0.25) is 10.0 Å². The lowest BCUT2D eigenvalue weighted by molar-refractivity contribution is -0.140. The molecule has 1 atom stereocenters. The molecule has 90 valence electrons. The van der Waals surface area contributed by atoms with Crippen molar-refractivity contribution in [1.29, 1.82) is 0 Å². The first-order chi connectivity index (χ1) is 6.86. The van der Waals surface area contributed by atoms with Gasteiger partial charge >= 0.3 is 5.97 Å². The normalized spacial score (nSPS) is 14.1. The van der Waals surface area contributed by atoms with Gasteiger partial charge < -0.3 is 10.2 Å². The molecule has 0 radical (unpaired) electrons. The number of aliphatic carboxylic acids is 1. The molecule has 0 aliphatic heterocycles. The van der Waals surface area contributed by atoms with Crippen molar-refractivity contribution in [3.8, 4) is 0 Å². The minimum Gasteiger partial charge on any atom is -0.480 e. The smallest absolute Gasteiger partial charge is 0.321 e. The Morgan fingerprint density at radius 1 is 1.47 bits per heavy atom. The summed E-state index contributed by atoms with van der Waals surface area (Å²) >= 11 is 0. The number of carbonyl (C=O) groups is 1. The van der Waals surface area contributed by atoms with Crippen LogP contribution in [0.1, 0.15) is 20.3 Å². The number of carboxylic acids is 1. The summed E-state index contributed by atoms with van der Waals surface area (Å²) in [5.41, 5.74) is 0. The van der Waals surface area contributed by atoms with E-state index < -0.39 is 34.4 Å². The lowest BCUT2D eigenvalue weighted by Crippen LogP contribution is -2.45. The number of carboxylic acid groups (broad SMARTS) is 1. The number of aliphatic hydroxyl groups excluding tert-OH is 1. The highest BCUT2D eigenvalue weighted by Gasteiger charge is 2.30. The monoisotopic (exact) mass is 239 g/mol. The average Bonchev–Trinajstić information content (AvgIpc) is 2.12. The maximum absolute atomic E-state index is 11.6. The van der Waals surface area contributed by atoms with Crippen molar-refractivity contribution >= 4 is 16.0 Å². The van der Waals surface area contributed by atoms with Crippen LogP contribution in [0.4, 0.5) is 0 Å². The molecule has 0 spiro atoms. The summed E-state index contributed by atoms with van der Waals surface area (Å²) in [6, 6.07) is -1.10. The fourth-order valence-corrected chi connectivity index (χ4v) is 2.65. The van der Waals surface area contributed by atoms with Gasteiger partial charge in [-0.25, -0.2) is 8.42 Å². The molecule has 0 aliphatic rings. The van der Waals surface area contributed by atoms with Gasteiger partial charge in [0.15, 0.2) is 0 Å². The van der Waals surface area contributed by atoms with E-state index in [4.69, 9.17) is 10.2 Å². The van der Waals surface area contributed by atoms with Crippen LogP contribution in [0.25, 0.3) is 0 Å². The van der Waals surface area contributed by atoms with Gasteiger partial charge in [0.05, 0.1) is 12.4 Å². The van der Waals surface area contributed by atoms with Crippen LogP contribution in [0.15, 0.2) is 0 Å². The average molecular weight is 239 g/mol. The molecule has 1 unspecified atom stereocenters. The van der Waals surface area contributed by atoms with Gasteiger partial charge in [0.25, 0.3) is 0 Å². The topological polar surface area (TPSA) is 94.9 Å². The van der Waals surface area contributed by atoms with Gasteiger partial charge in [-0.05, 0) is 13.3 Å². The van der Waals surface area contributed by atoms with Crippen LogP contribution < -0.4 is 0 Å². The molecule has 6 nitrogen and oxygen atoms in total. The van der Waals surface area contributed by atoms with Crippen LogP contribution in [0, 0.1) is 0 Å². The third-order valence-electron chi connectivity index (χ3n) is 1.94. The van der Waals surface area contributed by atoms with Gasteiger partial charge in [-0.1, -0.05) is 6.92 Å². The molecule has 0 rings (SSSR count). The van der Waals surface area contributed by atoms with Gasteiger partial charge in [-0.15, -0.1) is 0 Å². The van der Waals surface area contributed by atoms with E-state index in [1.54, 1.807) is 6.92 Å². The first-order valence-electron chi connectivity index (χ1n) is 4.70. The minimum absolute atomic E-state index is 0.149. The van der Waals surface area contributed by atoms with Crippen molar-refractivity contribution < 1.29 is 23.4 Å². The van der Waals surface area contributed by atoms with Crippen LogP contribution in [0.5, 0.6) is 0 Å². The fraction of sp³-hybridized carbons (Fsp3) is 0.875. The van der Waals surface area contributed by atoms with E-state index in [9.17, 15) is 13.2 Å². The second-order valence-corrected chi connectivity index (χ2v) is 5.21. The van der Waals surface area contributed by atoms with Crippen LogP contribution in [0.2, 0.25) is 0 Å². The van der Waals surface area contributed by atoms with Crippen LogP contribution in [-0.2, 0) is 14.8 Å². The summed E-state index contributed by atoms with van der Waals surface area (Å²) in [4.78, 5) is 10.7. The molecule has 0 saturated heterocycles. The summed E-state index contributed by atoms with van der Waals surface area (Å²) in [6.07, 6.45) is 0.530. The molecule has 0 heterocycles. The van der Waals surface area contributed by atoms with Gasteiger partial charge in [-0.3, -0.25) is 4.79 Å². The third-order valence-corrected chi connectivity index (χ3v) is 3.85. The highest BCUT2D eigenvalue weighted by molar-refractivity contribution is 7.89. The molecule has 0 amide bonds. The quantitative estimate of drug-likeness (QED) is 0.624. The van der Waals surface area contributed by atoms with Crippen molar-refractivity contribution in [3.63, 3.8) is 0 Å². The molecule has 0 bridgehead atoms. The highest BCUT2D eigenvalue weighted by Crippen LogP contribution is 2.09. The van der Waals surface area contributed by atoms with Crippen molar-refractivity contribution in [2.24, 2.45) is 0 Å². The van der Waals surface area contributed by atoms with Gasteiger partial charge in [0.1, 0.15) is 6.04 Å². The molecular formula is C8H17NO5S. The van der Waals surface area contributed by atoms with E-state index in [-0.39, 0.29) is 6.54 Å². The Morgan fingerprint density at radius 2 is 2.00 bits per heavy atom.